The highest BCUT2D eigenvalue weighted by molar-refractivity contribution is 7.98. The summed E-state index contributed by atoms with van der Waals surface area (Å²) >= 11 is 1.39. The highest BCUT2D eigenvalue weighted by atomic mass is 32.2. The van der Waals surface area contributed by atoms with Gasteiger partial charge in [0, 0.05) is 24.4 Å². The first-order valence-electron chi connectivity index (χ1n) is 11.5. The summed E-state index contributed by atoms with van der Waals surface area (Å²) in [4.78, 5) is 24.2. The highest BCUT2D eigenvalue weighted by Gasteiger charge is 2.44. The zero-order chi connectivity index (χ0) is 25.9. The Morgan fingerprint density at radius 1 is 1.05 bits per heavy atom. The monoisotopic (exact) mass is 524 g/mol. The summed E-state index contributed by atoms with van der Waals surface area (Å²) in [5.74, 6) is 0.805. The molecule has 4 atom stereocenters. The number of hydrogen-bond acceptors (Lipinski definition) is 11. The van der Waals surface area contributed by atoms with Crippen LogP contribution in [0, 0.1) is 10.1 Å². The van der Waals surface area contributed by atoms with E-state index in [4.69, 9.17) is 4.74 Å². The standard InChI is InChI=1S/C24H24N6O6S/c31-11-17-19(32)20(33)23(36-17)29-13-26-18-21(29)27-24(25-10-14-4-2-1-3-5-14)28-22(18)37-12-15-6-8-16(9-7-15)30(34)35/h1-9,13,17,19-20,23,31-33H,10-12H2,(H,25,27,28)/t17-,19-,20-,23-/m1/s1. The second kappa shape index (κ2) is 10.8. The molecule has 0 spiro atoms. The van der Waals surface area contributed by atoms with Crippen LogP contribution in [0.15, 0.2) is 66.0 Å². The van der Waals surface area contributed by atoms with Crippen LogP contribution in [0.3, 0.4) is 0 Å². The third-order valence-electron chi connectivity index (χ3n) is 6.00. The quantitative estimate of drug-likeness (QED) is 0.110. The molecule has 0 amide bonds. The molecule has 37 heavy (non-hydrogen) atoms. The lowest BCUT2D eigenvalue weighted by atomic mass is 10.1. The minimum absolute atomic E-state index is 0.0165. The second-order valence-corrected chi connectivity index (χ2v) is 9.42. The normalized spacial score (nSPS) is 21.4. The van der Waals surface area contributed by atoms with Gasteiger partial charge in [-0.15, -0.1) is 0 Å². The molecule has 4 aromatic rings. The average molecular weight is 525 g/mol. The van der Waals surface area contributed by atoms with Crippen LogP contribution in [-0.2, 0) is 17.0 Å². The number of nitro benzene ring substituents is 1. The summed E-state index contributed by atoms with van der Waals surface area (Å²) in [5, 5.41) is 45.0. The summed E-state index contributed by atoms with van der Waals surface area (Å²) in [6, 6.07) is 16.0. The summed E-state index contributed by atoms with van der Waals surface area (Å²) in [7, 11) is 0. The Hall–Kier alpha value is -3.62. The Labute approximate surface area is 215 Å². The maximum absolute atomic E-state index is 10.9. The molecular formula is C24H24N6O6S. The SMILES string of the molecule is O=[N+]([O-])c1ccc(CSc2nc(NCc3ccccc3)nc3c2ncn3[C@@H]2O[C@H](CO)[C@@H](O)[C@H]2O)cc1. The van der Waals surface area contributed by atoms with Crippen molar-refractivity contribution in [2.24, 2.45) is 0 Å². The molecule has 12 nitrogen and oxygen atoms in total. The zero-order valence-electron chi connectivity index (χ0n) is 19.4. The molecule has 0 bridgehead atoms. The van der Waals surface area contributed by atoms with Gasteiger partial charge in [0.1, 0.15) is 28.9 Å². The van der Waals surface area contributed by atoms with Crippen LogP contribution >= 0.6 is 11.8 Å². The fourth-order valence-corrected chi connectivity index (χ4v) is 4.94. The number of aliphatic hydroxyl groups excluding tert-OH is 3. The van der Waals surface area contributed by atoms with E-state index in [1.165, 1.54) is 34.8 Å². The van der Waals surface area contributed by atoms with E-state index < -0.39 is 36.1 Å². The molecule has 3 heterocycles. The fourth-order valence-electron chi connectivity index (χ4n) is 4.01. The minimum Gasteiger partial charge on any atom is -0.394 e. The molecule has 0 aliphatic carbocycles. The lowest BCUT2D eigenvalue weighted by Gasteiger charge is -2.17. The number of nitrogens with one attached hydrogen (secondary N) is 1. The van der Waals surface area contributed by atoms with Gasteiger partial charge in [-0.2, -0.15) is 4.98 Å². The zero-order valence-corrected chi connectivity index (χ0v) is 20.2. The van der Waals surface area contributed by atoms with E-state index in [1.807, 2.05) is 30.3 Å². The van der Waals surface area contributed by atoms with Gasteiger partial charge in [-0.05, 0) is 11.1 Å². The number of aliphatic hydroxyl groups is 3. The number of hydrogen-bond donors (Lipinski definition) is 4. The van der Waals surface area contributed by atoms with E-state index in [0.29, 0.717) is 34.4 Å². The smallest absolute Gasteiger partial charge is 0.269 e. The van der Waals surface area contributed by atoms with Crippen molar-refractivity contribution in [3.05, 3.63) is 82.2 Å². The van der Waals surface area contributed by atoms with Gasteiger partial charge in [-0.3, -0.25) is 14.7 Å². The summed E-state index contributed by atoms with van der Waals surface area (Å²) in [6.07, 6.45) is -3.04. The maximum atomic E-state index is 10.9. The van der Waals surface area contributed by atoms with Crippen molar-refractivity contribution < 1.29 is 25.0 Å². The van der Waals surface area contributed by atoms with E-state index in [0.717, 1.165) is 11.1 Å². The molecule has 0 radical (unpaired) electrons. The third kappa shape index (κ3) is 5.26. The van der Waals surface area contributed by atoms with Gasteiger partial charge in [0.25, 0.3) is 5.69 Å². The topological polar surface area (TPSA) is 169 Å². The fraction of sp³-hybridized carbons (Fsp3) is 0.292. The molecule has 1 aliphatic rings. The second-order valence-electron chi connectivity index (χ2n) is 8.46. The number of non-ortho nitro benzene ring substituents is 1. The van der Waals surface area contributed by atoms with Crippen molar-refractivity contribution in [3.63, 3.8) is 0 Å². The Bertz CT molecular complexity index is 1390. The van der Waals surface area contributed by atoms with Gasteiger partial charge in [-0.25, -0.2) is 9.97 Å². The van der Waals surface area contributed by atoms with Gasteiger partial charge in [0.05, 0.1) is 17.9 Å². The first-order chi connectivity index (χ1) is 17.9. The number of nitro groups is 1. The van der Waals surface area contributed by atoms with Crippen molar-refractivity contribution in [1.82, 2.24) is 19.5 Å². The van der Waals surface area contributed by atoms with Crippen molar-refractivity contribution >= 4 is 34.6 Å². The highest BCUT2D eigenvalue weighted by Crippen LogP contribution is 2.34. The predicted molar refractivity (Wildman–Crippen MR) is 135 cm³/mol. The van der Waals surface area contributed by atoms with Crippen molar-refractivity contribution in [3.8, 4) is 0 Å². The van der Waals surface area contributed by atoms with E-state index in [-0.39, 0.29) is 5.69 Å². The molecule has 1 aliphatic heterocycles. The van der Waals surface area contributed by atoms with Crippen LogP contribution < -0.4 is 5.32 Å². The number of ether oxygens (including phenoxy) is 1. The number of fused-ring (bicyclic) bond motifs is 1. The van der Waals surface area contributed by atoms with Crippen LogP contribution in [0.25, 0.3) is 11.2 Å². The van der Waals surface area contributed by atoms with Gasteiger partial charge in [0.2, 0.25) is 5.95 Å². The van der Waals surface area contributed by atoms with Crippen LogP contribution in [0.5, 0.6) is 0 Å². The van der Waals surface area contributed by atoms with Crippen molar-refractivity contribution in [2.75, 3.05) is 11.9 Å². The molecule has 0 unspecified atom stereocenters. The average Bonchev–Trinajstić information content (AvgIpc) is 3.47. The number of rotatable bonds is 9. The third-order valence-corrected chi connectivity index (χ3v) is 7.03. The molecular weight excluding hydrogens is 500 g/mol. The van der Waals surface area contributed by atoms with Crippen molar-refractivity contribution in [2.45, 2.75) is 41.9 Å². The Morgan fingerprint density at radius 2 is 1.81 bits per heavy atom. The predicted octanol–water partition coefficient (Wildman–Crippen LogP) is 2.25. The Kier molecular flexibility index (Phi) is 7.30. The van der Waals surface area contributed by atoms with Gasteiger partial charge < -0.3 is 25.4 Å². The van der Waals surface area contributed by atoms with Crippen LogP contribution in [-0.4, -0.2) is 64.7 Å². The van der Waals surface area contributed by atoms with Crippen LogP contribution in [0.4, 0.5) is 11.6 Å². The molecule has 2 aromatic carbocycles. The molecule has 5 rings (SSSR count). The van der Waals surface area contributed by atoms with E-state index in [9.17, 15) is 25.4 Å². The largest absolute Gasteiger partial charge is 0.394 e. The van der Waals surface area contributed by atoms with Crippen LogP contribution in [0.2, 0.25) is 0 Å². The summed E-state index contributed by atoms with van der Waals surface area (Å²) in [5.41, 5.74) is 2.76. The molecule has 1 saturated heterocycles. The molecule has 192 valence electrons. The molecule has 2 aromatic heterocycles. The molecule has 4 N–H and O–H groups in total. The van der Waals surface area contributed by atoms with Gasteiger partial charge in [-0.1, -0.05) is 54.2 Å². The van der Waals surface area contributed by atoms with E-state index >= 15 is 0 Å². The van der Waals surface area contributed by atoms with Crippen molar-refractivity contribution in [1.29, 1.82) is 0 Å². The minimum atomic E-state index is -1.29. The van der Waals surface area contributed by atoms with E-state index in [1.54, 1.807) is 12.1 Å². The lowest BCUT2D eigenvalue weighted by Crippen LogP contribution is -2.33. The molecule has 0 saturated carbocycles. The Balaban J connectivity index is 1.46. The molecule has 1 fully saturated rings. The lowest BCUT2D eigenvalue weighted by molar-refractivity contribution is -0.384. The first-order valence-corrected chi connectivity index (χ1v) is 12.4. The van der Waals surface area contributed by atoms with Gasteiger partial charge in [0.15, 0.2) is 11.9 Å². The van der Waals surface area contributed by atoms with Crippen LogP contribution in [0.1, 0.15) is 17.4 Å². The summed E-state index contributed by atoms with van der Waals surface area (Å²) < 4.78 is 7.20. The number of nitrogens with zero attached hydrogens (tertiary/aromatic N) is 5. The number of anilines is 1. The molecule has 13 heteroatoms. The maximum Gasteiger partial charge on any atom is 0.269 e. The number of aromatic nitrogens is 4. The Morgan fingerprint density at radius 3 is 2.49 bits per heavy atom. The number of imidazole rings is 1. The number of thioether (sulfide) groups is 1. The number of benzene rings is 2. The van der Waals surface area contributed by atoms with E-state index in [2.05, 4.69) is 20.3 Å². The first kappa shape index (κ1) is 25.0. The summed E-state index contributed by atoms with van der Waals surface area (Å²) in [6.45, 7) is 0.0252. The van der Waals surface area contributed by atoms with Gasteiger partial charge >= 0.3 is 0 Å².